The maximum Gasteiger partial charge on any atom is 0.290 e. The van der Waals surface area contributed by atoms with Gasteiger partial charge in [0.2, 0.25) is 0 Å². The van der Waals surface area contributed by atoms with Gasteiger partial charge < -0.3 is 9.15 Å². The second kappa shape index (κ2) is 5.31. The largest absolute Gasteiger partial charge is 0.426 e. The molecule has 0 spiro atoms. The Kier molecular flexibility index (Phi) is 3.74. The highest BCUT2D eigenvalue weighted by molar-refractivity contribution is 5.70. The minimum Gasteiger partial charge on any atom is -0.426 e. The van der Waals surface area contributed by atoms with E-state index in [1.165, 1.54) is 5.56 Å². The Hall–Kier alpha value is -2.03. The van der Waals surface area contributed by atoms with Crippen molar-refractivity contribution in [3.8, 4) is 11.7 Å². The van der Waals surface area contributed by atoms with Crippen LogP contribution in [0.1, 0.15) is 43.3 Å². The summed E-state index contributed by atoms with van der Waals surface area (Å²) in [6, 6.07) is 11.2. The van der Waals surface area contributed by atoms with Gasteiger partial charge >= 0.3 is 0 Å². The third-order valence-corrected chi connectivity index (χ3v) is 3.46. The van der Waals surface area contributed by atoms with Crippen LogP contribution in [0.15, 0.2) is 40.8 Å². The van der Waals surface area contributed by atoms with Gasteiger partial charge in [-0.2, -0.15) is 0 Å². The van der Waals surface area contributed by atoms with Crippen LogP contribution in [0.25, 0.3) is 0 Å². The molecule has 0 aliphatic heterocycles. The monoisotopic (exact) mass is 258 g/mol. The Labute approximate surface area is 113 Å². The maximum atomic E-state index is 10.5. The van der Waals surface area contributed by atoms with E-state index in [0.717, 1.165) is 6.42 Å². The lowest BCUT2D eigenvalue weighted by Crippen LogP contribution is -2.14. The summed E-state index contributed by atoms with van der Waals surface area (Å²) >= 11 is 0. The van der Waals surface area contributed by atoms with Gasteiger partial charge in [-0.25, -0.2) is 0 Å². The molecule has 0 aliphatic rings. The second-order valence-corrected chi connectivity index (χ2v) is 5.14. The Morgan fingerprint density at radius 3 is 2.37 bits per heavy atom. The van der Waals surface area contributed by atoms with Gasteiger partial charge in [-0.05, 0) is 35.6 Å². The molecule has 0 unspecified atom stereocenters. The van der Waals surface area contributed by atoms with Gasteiger partial charge in [-0.15, -0.1) is 0 Å². The van der Waals surface area contributed by atoms with Crippen molar-refractivity contribution in [2.24, 2.45) is 0 Å². The van der Waals surface area contributed by atoms with E-state index in [0.29, 0.717) is 18.0 Å². The van der Waals surface area contributed by atoms with Crippen molar-refractivity contribution in [3.05, 3.63) is 47.7 Å². The third kappa shape index (κ3) is 3.05. The van der Waals surface area contributed by atoms with Crippen LogP contribution in [-0.4, -0.2) is 6.29 Å². The normalized spacial score (nSPS) is 11.3. The summed E-state index contributed by atoms with van der Waals surface area (Å²) in [5, 5.41) is 0. The van der Waals surface area contributed by atoms with Gasteiger partial charge in [0.15, 0.2) is 12.0 Å². The number of ether oxygens (including phenoxy) is 1. The third-order valence-electron chi connectivity index (χ3n) is 3.46. The van der Waals surface area contributed by atoms with Crippen LogP contribution in [0.4, 0.5) is 0 Å². The average molecular weight is 258 g/mol. The lowest BCUT2D eigenvalue weighted by atomic mass is 9.82. The number of carbonyl (C=O) groups is 1. The van der Waals surface area contributed by atoms with Gasteiger partial charge in [0, 0.05) is 6.07 Å². The first-order valence-electron chi connectivity index (χ1n) is 6.38. The first-order valence-corrected chi connectivity index (χ1v) is 6.38. The zero-order valence-electron chi connectivity index (χ0n) is 11.5. The molecular formula is C16H18O3. The highest BCUT2D eigenvalue weighted by Gasteiger charge is 2.17. The molecule has 1 heterocycles. The van der Waals surface area contributed by atoms with Crippen molar-refractivity contribution >= 4 is 6.29 Å². The first kappa shape index (κ1) is 13.4. The molecule has 19 heavy (non-hydrogen) atoms. The van der Waals surface area contributed by atoms with Crippen LogP contribution < -0.4 is 4.74 Å². The molecule has 3 heteroatoms. The Morgan fingerprint density at radius 1 is 1.16 bits per heavy atom. The van der Waals surface area contributed by atoms with Crippen molar-refractivity contribution in [1.82, 2.24) is 0 Å². The number of carbonyl (C=O) groups excluding carboxylic acids is 1. The minimum absolute atomic E-state index is 0.161. The molecule has 100 valence electrons. The Bertz CT molecular complexity index is 550. The van der Waals surface area contributed by atoms with Crippen molar-refractivity contribution < 1.29 is 13.9 Å². The summed E-state index contributed by atoms with van der Waals surface area (Å²) < 4.78 is 10.7. The maximum absolute atomic E-state index is 10.5. The zero-order chi connectivity index (χ0) is 13.9. The number of hydrogen-bond acceptors (Lipinski definition) is 3. The van der Waals surface area contributed by atoms with E-state index in [9.17, 15) is 4.79 Å². The zero-order valence-corrected chi connectivity index (χ0v) is 11.5. The number of furan rings is 1. The van der Waals surface area contributed by atoms with E-state index >= 15 is 0 Å². The highest BCUT2D eigenvalue weighted by atomic mass is 16.6. The predicted octanol–water partition coefficient (Wildman–Crippen LogP) is 4.57. The van der Waals surface area contributed by atoms with Crippen molar-refractivity contribution in [1.29, 1.82) is 0 Å². The fraction of sp³-hybridized carbons (Fsp3) is 0.312. The number of benzene rings is 1. The topological polar surface area (TPSA) is 39.4 Å². The molecular weight excluding hydrogens is 240 g/mol. The second-order valence-electron chi connectivity index (χ2n) is 5.14. The summed E-state index contributed by atoms with van der Waals surface area (Å²) in [6.07, 6.45) is 1.73. The molecule has 0 fully saturated rings. The smallest absolute Gasteiger partial charge is 0.290 e. The molecule has 0 bridgehead atoms. The van der Waals surface area contributed by atoms with Crippen molar-refractivity contribution in [2.75, 3.05) is 0 Å². The molecule has 3 nitrogen and oxygen atoms in total. The standard InChI is InChI=1S/C16H18O3/c1-4-16(2,3)12-5-7-13(8-6-12)18-15-10-9-14(11-17)19-15/h5-11H,4H2,1-3H3. The fourth-order valence-electron chi connectivity index (χ4n) is 1.75. The van der Waals surface area contributed by atoms with Crippen LogP contribution in [0.2, 0.25) is 0 Å². The molecule has 0 N–H and O–H groups in total. The Balaban J connectivity index is 2.12. The molecule has 0 saturated carbocycles. The summed E-state index contributed by atoms with van der Waals surface area (Å²) in [6.45, 7) is 6.60. The van der Waals surface area contributed by atoms with Gasteiger partial charge in [0.05, 0.1) is 0 Å². The molecule has 0 saturated heterocycles. The van der Waals surface area contributed by atoms with E-state index in [1.807, 2.05) is 12.1 Å². The lowest BCUT2D eigenvalue weighted by molar-refractivity contribution is 0.109. The van der Waals surface area contributed by atoms with Gasteiger partial charge in [-0.1, -0.05) is 32.9 Å². The number of aldehydes is 1. The van der Waals surface area contributed by atoms with Crippen molar-refractivity contribution in [3.63, 3.8) is 0 Å². The summed E-state index contributed by atoms with van der Waals surface area (Å²) in [4.78, 5) is 10.5. The number of hydrogen-bond donors (Lipinski definition) is 0. The number of rotatable bonds is 5. The van der Waals surface area contributed by atoms with Crippen LogP contribution in [0.3, 0.4) is 0 Å². The first-order chi connectivity index (χ1) is 9.05. The van der Waals surface area contributed by atoms with Crippen LogP contribution in [0.5, 0.6) is 11.7 Å². The fourth-order valence-corrected chi connectivity index (χ4v) is 1.75. The predicted molar refractivity (Wildman–Crippen MR) is 73.9 cm³/mol. The molecule has 0 aliphatic carbocycles. The van der Waals surface area contributed by atoms with Crippen LogP contribution in [-0.2, 0) is 5.41 Å². The van der Waals surface area contributed by atoms with E-state index < -0.39 is 0 Å². The van der Waals surface area contributed by atoms with Gasteiger partial charge in [0.1, 0.15) is 5.75 Å². The molecule has 1 aromatic carbocycles. The van der Waals surface area contributed by atoms with E-state index in [4.69, 9.17) is 9.15 Å². The van der Waals surface area contributed by atoms with Gasteiger partial charge in [-0.3, -0.25) is 4.79 Å². The molecule has 2 aromatic rings. The van der Waals surface area contributed by atoms with E-state index in [-0.39, 0.29) is 11.2 Å². The average Bonchev–Trinajstić information content (AvgIpc) is 2.87. The molecule has 1 aromatic heterocycles. The summed E-state index contributed by atoms with van der Waals surface area (Å²) in [7, 11) is 0. The minimum atomic E-state index is 0.161. The van der Waals surface area contributed by atoms with E-state index in [2.05, 4.69) is 32.9 Å². The molecule has 0 amide bonds. The Morgan fingerprint density at radius 2 is 1.84 bits per heavy atom. The summed E-state index contributed by atoms with van der Waals surface area (Å²) in [5.41, 5.74) is 1.43. The van der Waals surface area contributed by atoms with E-state index in [1.54, 1.807) is 12.1 Å². The molecule has 2 rings (SSSR count). The lowest BCUT2D eigenvalue weighted by Gasteiger charge is -2.23. The summed E-state index contributed by atoms with van der Waals surface area (Å²) in [5.74, 6) is 1.28. The van der Waals surface area contributed by atoms with Crippen molar-refractivity contribution in [2.45, 2.75) is 32.6 Å². The SMILES string of the molecule is CCC(C)(C)c1ccc(Oc2ccc(C=O)o2)cc1. The molecule has 0 radical (unpaired) electrons. The quantitative estimate of drug-likeness (QED) is 0.737. The molecule has 0 atom stereocenters. The van der Waals surface area contributed by atoms with Gasteiger partial charge in [0.25, 0.3) is 5.95 Å². The van der Waals surface area contributed by atoms with Crippen LogP contribution >= 0.6 is 0 Å². The highest BCUT2D eigenvalue weighted by Crippen LogP contribution is 2.29. The van der Waals surface area contributed by atoms with Crippen LogP contribution in [0, 0.1) is 0 Å².